The molecule has 1 aliphatic heterocycles. The van der Waals surface area contributed by atoms with Crippen LogP contribution in [0.2, 0.25) is 0 Å². The fourth-order valence-electron chi connectivity index (χ4n) is 2.43. The first-order chi connectivity index (χ1) is 8.41. The maximum absolute atomic E-state index is 11.4. The lowest BCUT2D eigenvalue weighted by Crippen LogP contribution is -2.43. The van der Waals surface area contributed by atoms with E-state index in [0.717, 1.165) is 32.4 Å². The Hall–Kier alpha value is -1.10. The molecule has 2 unspecified atom stereocenters. The molecule has 0 radical (unpaired) electrons. The predicted octanol–water partition coefficient (Wildman–Crippen LogP) is 1.04. The zero-order chi connectivity index (χ0) is 13.7. The zero-order valence-corrected chi connectivity index (χ0v) is 11.6. The predicted molar refractivity (Wildman–Crippen MR) is 69.3 cm³/mol. The molecular formula is C13H24N2O3. The number of carbonyl (C=O) groups excluding carboxylic acids is 1. The van der Waals surface area contributed by atoms with Crippen molar-refractivity contribution in [3.63, 3.8) is 0 Å². The van der Waals surface area contributed by atoms with Gasteiger partial charge in [0.05, 0.1) is 5.92 Å². The SMILES string of the molecule is CC1CC(C(=O)O)CCN1CCCC(=O)N(C)C. The maximum atomic E-state index is 11.4. The second-order valence-electron chi connectivity index (χ2n) is 5.34. The monoisotopic (exact) mass is 256 g/mol. The summed E-state index contributed by atoms with van der Waals surface area (Å²) in [4.78, 5) is 26.3. The summed E-state index contributed by atoms with van der Waals surface area (Å²) in [5.41, 5.74) is 0. The molecule has 0 aromatic carbocycles. The van der Waals surface area contributed by atoms with Crippen molar-refractivity contribution >= 4 is 11.9 Å². The highest BCUT2D eigenvalue weighted by Gasteiger charge is 2.29. The molecule has 2 atom stereocenters. The molecule has 1 fully saturated rings. The van der Waals surface area contributed by atoms with Crippen LogP contribution in [-0.2, 0) is 9.59 Å². The summed E-state index contributed by atoms with van der Waals surface area (Å²) >= 11 is 0. The quantitative estimate of drug-likeness (QED) is 0.798. The third-order valence-corrected chi connectivity index (χ3v) is 3.70. The van der Waals surface area contributed by atoms with Gasteiger partial charge in [0.2, 0.25) is 5.91 Å². The molecule has 5 nitrogen and oxygen atoms in total. The number of amides is 1. The van der Waals surface area contributed by atoms with E-state index in [1.54, 1.807) is 19.0 Å². The van der Waals surface area contributed by atoms with Gasteiger partial charge in [-0.3, -0.25) is 9.59 Å². The van der Waals surface area contributed by atoms with Gasteiger partial charge in [-0.2, -0.15) is 0 Å². The lowest BCUT2D eigenvalue weighted by molar-refractivity contribution is -0.144. The number of likely N-dealkylation sites (tertiary alicyclic amines) is 1. The lowest BCUT2D eigenvalue weighted by Gasteiger charge is -2.36. The van der Waals surface area contributed by atoms with E-state index >= 15 is 0 Å². The van der Waals surface area contributed by atoms with Gasteiger partial charge in [-0.1, -0.05) is 0 Å². The molecule has 1 heterocycles. The molecule has 1 aliphatic rings. The van der Waals surface area contributed by atoms with Crippen LogP contribution in [0.5, 0.6) is 0 Å². The highest BCUT2D eigenvalue weighted by molar-refractivity contribution is 5.75. The summed E-state index contributed by atoms with van der Waals surface area (Å²) in [7, 11) is 3.53. The molecule has 0 aromatic rings. The Morgan fingerprint density at radius 1 is 1.39 bits per heavy atom. The summed E-state index contributed by atoms with van der Waals surface area (Å²) in [6, 6.07) is 0.300. The van der Waals surface area contributed by atoms with Gasteiger partial charge in [0.25, 0.3) is 0 Å². The maximum Gasteiger partial charge on any atom is 0.306 e. The molecule has 0 aliphatic carbocycles. The van der Waals surface area contributed by atoms with Crippen LogP contribution in [0.15, 0.2) is 0 Å². The number of piperidine rings is 1. The molecule has 5 heteroatoms. The van der Waals surface area contributed by atoms with Crippen molar-refractivity contribution in [2.45, 2.75) is 38.6 Å². The highest BCUT2D eigenvalue weighted by atomic mass is 16.4. The van der Waals surface area contributed by atoms with Crippen molar-refractivity contribution in [3.05, 3.63) is 0 Å². The lowest BCUT2D eigenvalue weighted by atomic mass is 9.91. The minimum Gasteiger partial charge on any atom is -0.481 e. The van der Waals surface area contributed by atoms with Gasteiger partial charge in [-0.05, 0) is 39.3 Å². The molecule has 0 spiro atoms. The van der Waals surface area contributed by atoms with E-state index in [1.165, 1.54) is 0 Å². The summed E-state index contributed by atoms with van der Waals surface area (Å²) in [6.45, 7) is 3.78. The average molecular weight is 256 g/mol. The van der Waals surface area contributed by atoms with Crippen molar-refractivity contribution in [2.24, 2.45) is 5.92 Å². The Morgan fingerprint density at radius 3 is 2.56 bits per heavy atom. The zero-order valence-electron chi connectivity index (χ0n) is 11.6. The van der Waals surface area contributed by atoms with E-state index in [9.17, 15) is 9.59 Å². The Labute approximate surface area is 109 Å². The van der Waals surface area contributed by atoms with Crippen LogP contribution in [0.25, 0.3) is 0 Å². The molecule has 1 amide bonds. The summed E-state index contributed by atoms with van der Waals surface area (Å²) < 4.78 is 0. The second kappa shape index (κ2) is 6.73. The van der Waals surface area contributed by atoms with Crippen molar-refractivity contribution in [3.8, 4) is 0 Å². The third-order valence-electron chi connectivity index (χ3n) is 3.70. The van der Waals surface area contributed by atoms with E-state index in [4.69, 9.17) is 5.11 Å². The Bertz CT molecular complexity index is 305. The molecule has 104 valence electrons. The minimum absolute atomic E-state index is 0.156. The third kappa shape index (κ3) is 4.29. The number of nitrogens with zero attached hydrogens (tertiary/aromatic N) is 2. The van der Waals surface area contributed by atoms with E-state index in [-0.39, 0.29) is 11.8 Å². The van der Waals surface area contributed by atoms with Crippen LogP contribution in [0.4, 0.5) is 0 Å². The molecule has 18 heavy (non-hydrogen) atoms. The van der Waals surface area contributed by atoms with Crippen molar-refractivity contribution in [1.29, 1.82) is 0 Å². The molecule has 1 saturated heterocycles. The molecular weight excluding hydrogens is 232 g/mol. The van der Waals surface area contributed by atoms with E-state index in [1.807, 2.05) is 0 Å². The van der Waals surface area contributed by atoms with Gasteiger partial charge in [-0.25, -0.2) is 0 Å². The largest absolute Gasteiger partial charge is 0.481 e. The molecule has 0 saturated carbocycles. The van der Waals surface area contributed by atoms with Crippen LogP contribution in [0.1, 0.15) is 32.6 Å². The molecule has 0 aromatic heterocycles. The number of hydrogen-bond acceptors (Lipinski definition) is 3. The fraction of sp³-hybridized carbons (Fsp3) is 0.846. The van der Waals surface area contributed by atoms with Crippen LogP contribution in [0, 0.1) is 5.92 Å². The first kappa shape index (κ1) is 15.0. The smallest absolute Gasteiger partial charge is 0.306 e. The number of carbonyl (C=O) groups is 2. The molecule has 1 N–H and O–H groups in total. The van der Waals surface area contributed by atoms with Gasteiger partial charge in [-0.15, -0.1) is 0 Å². The summed E-state index contributed by atoms with van der Waals surface area (Å²) in [5, 5.41) is 8.98. The highest BCUT2D eigenvalue weighted by Crippen LogP contribution is 2.23. The van der Waals surface area contributed by atoms with Gasteiger partial charge in [0, 0.05) is 26.6 Å². The average Bonchev–Trinajstić information content (AvgIpc) is 2.30. The van der Waals surface area contributed by atoms with Crippen LogP contribution < -0.4 is 0 Å². The Kier molecular flexibility index (Phi) is 5.59. The van der Waals surface area contributed by atoms with E-state index in [0.29, 0.717) is 12.5 Å². The van der Waals surface area contributed by atoms with Crippen LogP contribution >= 0.6 is 0 Å². The number of rotatable bonds is 5. The summed E-state index contributed by atoms with van der Waals surface area (Å²) in [6.07, 6.45) is 2.86. The second-order valence-corrected chi connectivity index (χ2v) is 5.34. The van der Waals surface area contributed by atoms with Gasteiger partial charge < -0.3 is 14.9 Å². The summed E-state index contributed by atoms with van der Waals surface area (Å²) in [5.74, 6) is -0.716. The first-order valence-corrected chi connectivity index (χ1v) is 6.58. The van der Waals surface area contributed by atoms with Gasteiger partial charge >= 0.3 is 5.97 Å². The molecule has 1 rings (SSSR count). The van der Waals surface area contributed by atoms with Crippen LogP contribution in [-0.4, -0.2) is 60.0 Å². The Balaban J connectivity index is 2.28. The van der Waals surface area contributed by atoms with E-state index in [2.05, 4.69) is 11.8 Å². The Morgan fingerprint density at radius 2 is 2.06 bits per heavy atom. The molecule has 0 bridgehead atoms. The standard InChI is InChI=1S/C13H24N2O3/c1-10-9-11(13(17)18)6-8-15(10)7-4-5-12(16)14(2)3/h10-11H,4-9H2,1-3H3,(H,17,18). The van der Waals surface area contributed by atoms with Gasteiger partial charge in [0.1, 0.15) is 0 Å². The minimum atomic E-state index is -0.677. The van der Waals surface area contributed by atoms with Crippen molar-refractivity contribution < 1.29 is 14.7 Å². The number of hydrogen-bond donors (Lipinski definition) is 1. The first-order valence-electron chi connectivity index (χ1n) is 6.58. The van der Waals surface area contributed by atoms with Crippen molar-refractivity contribution in [1.82, 2.24) is 9.80 Å². The number of carboxylic acids is 1. The van der Waals surface area contributed by atoms with Crippen LogP contribution in [0.3, 0.4) is 0 Å². The number of aliphatic carboxylic acids is 1. The van der Waals surface area contributed by atoms with Gasteiger partial charge in [0.15, 0.2) is 0 Å². The fourth-order valence-corrected chi connectivity index (χ4v) is 2.43. The van der Waals surface area contributed by atoms with E-state index < -0.39 is 5.97 Å². The normalized spacial score (nSPS) is 24.8. The van der Waals surface area contributed by atoms with Crippen molar-refractivity contribution in [2.75, 3.05) is 27.2 Å². The number of carboxylic acid groups (broad SMARTS) is 1. The topological polar surface area (TPSA) is 60.9 Å².